The molecular formula is C17H30IN3O3. The van der Waals surface area contributed by atoms with Crippen molar-refractivity contribution in [2.24, 2.45) is 4.99 Å². The van der Waals surface area contributed by atoms with Crippen LogP contribution in [0, 0.1) is 0 Å². The Balaban J connectivity index is 0.00000529. The molecule has 1 heterocycles. The number of nitrogens with zero attached hydrogens (tertiary/aromatic N) is 1. The summed E-state index contributed by atoms with van der Waals surface area (Å²) in [5.41, 5.74) is 0. The van der Waals surface area contributed by atoms with Crippen molar-refractivity contribution in [1.82, 2.24) is 10.6 Å². The van der Waals surface area contributed by atoms with Gasteiger partial charge in [-0.05, 0) is 31.9 Å². The normalized spacial score (nSPS) is 10.8. The van der Waals surface area contributed by atoms with Crippen molar-refractivity contribution in [2.75, 3.05) is 26.7 Å². The molecule has 6 nitrogen and oxygen atoms in total. The first-order valence-electron chi connectivity index (χ1n) is 8.38. The van der Waals surface area contributed by atoms with E-state index in [1.807, 2.05) is 19.1 Å². The van der Waals surface area contributed by atoms with Crippen LogP contribution in [0.15, 0.2) is 27.8 Å². The summed E-state index contributed by atoms with van der Waals surface area (Å²) in [4.78, 5) is 15.4. The molecule has 7 heteroatoms. The lowest BCUT2D eigenvalue weighted by Crippen LogP contribution is -2.38. The molecule has 138 valence electrons. The van der Waals surface area contributed by atoms with Crippen LogP contribution in [-0.2, 0) is 16.0 Å². The molecule has 0 fully saturated rings. The van der Waals surface area contributed by atoms with Crippen molar-refractivity contribution < 1.29 is 13.9 Å². The summed E-state index contributed by atoms with van der Waals surface area (Å²) in [5.74, 6) is 1.68. The van der Waals surface area contributed by atoms with Gasteiger partial charge in [-0.25, -0.2) is 0 Å². The molecular weight excluding hydrogens is 421 g/mol. The Morgan fingerprint density at radius 2 is 1.96 bits per heavy atom. The summed E-state index contributed by atoms with van der Waals surface area (Å²) in [6.45, 7) is 3.96. The zero-order valence-electron chi connectivity index (χ0n) is 14.7. The van der Waals surface area contributed by atoms with Crippen LogP contribution in [0.1, 0.15) is 44.8 Å². The number of furan rings is 1. The van der Waals surface area contributed by atoms with Gasteiger partial charge in [0.25, 0.3) is 0 Å². The molecule has 0 aliphatic rings. The van der Waals surface area contributed by atoms with E-state index in [-0.39, 0.29) is 29.9 Å². The van der Waals surface area contributed by atoms with Gasteiger partial charge in [0.15, 0.2) is 5.96 Å². The molecule has 0 atom stereocenters. The molecule has 1 aromatic rings. The average Bonchev–Trinajstić information content (AvgIpc) is 3.05. The summed E-state index contributed by atoms with van der Waals surface area (Å²) in [5, 5.41) is 6.54. The van der Waals surface area contributed by atoms with Crippen molar-refractivity contribution >= 4 is 35.9 Å². The summed E-state index contributed by atoms with van der Waals surface area (Å²) < 4.78 is 10.2. The monoisotopic (exact) mass is 451 g/mol. The van der Waals surface area contributed by atoms with E-state index in [4.69, 9.17) is 9.15 Å². The SMILES string of the molecule is CCOC(=O)CCCCCCNC(=NC)NCCc1ccco1.I. The summed E-state index contributed by atoms with van der Waals surface area (Å²) >= 11 is 0. The number of rotatable bonds is 11. The molecule has 0 aromatic carbocycles. The van der Waals surface area contributed by atoms with Crippen LogP contribution in [0.25, 0.3) is 0 Å². The largest absolute Gasteiger partial charge is 0.469 e. The number of hydrogen-bond acceptors (Lipinski definition) is 4. The fourth-order valence-corrected chi connectivity index (χ4v) is 2.17. The van der Waals surface area contributed by atoms with Crippen molar-refractivity contribution in [2.45, 2.75) is 45.4 Å². The molecule has 0 saturated carbocycles. The highest BCUT2D eigenvalue weighted by Gasteiger charge is 2.01. The highest BCUT2D eigenvalue weighted by atomic mass is 127. The van der Waals surface area contributed by atoms with Crippen molar-refractivity contribution in [3.05, 3.63) is 24.2 Å². The number of carbonyl (C=O) groups is 1. The maximum absolute atomic E-state index is 11.2. The predicted octanol–water partition coefficient (Wildman–Crippen LogP) is 3.12. The van der Waals surface area contributed by atoms with Crippen molar-refractivity contribution in [1.29, 1.82) is 0 Å². The van der Waals surface area contributed by atoms with Gasteiger partial charge in [0.05, 0.1) is 12.9 Å². The van der Waals surface area contributed by atoms with Gasteiger partial charge >= 0.3 is 5.97 Å². The number of hydrogen-bond donors (Lipinski definition) is 2. The zero-order valence-corrected chi connectivity index (χ0v) is 17.0. The summed E-state index contributed by atoms with van der Waals surface area (Å²) in [6, 6.07) is 3.86. The number of carbonyl (C=O) groups excluding carboxylic acids is 1. The van der Waals surface area contributed by atoms with Crippen LogP contribution in [0.5, 0.6) is 0 Å². The molecule has 0 aliphatic carbocycles. The standard InChI is InChI=1S/C17H29N3O3.HI/c1-3-22-16(21)10-6-4-5-7-12-19-17(18-2)20-13-11-15-9-8-14-23-15;/h8-9,14H,3-7,10-13H2,1-2H3,(H2,18,19,20);1H. The molecule has 1 rings (SSSR count). The topological polar surface area (TPSA) is 75.9 Å². The Morgan fingerprint density at radius 1 is 1.21 bits per heavy atom. The Morgan fingerprint density at radius 3 is 2.62 bits per heavy atom. The fourth-order valence-electron chi connectivity index (χ4n) is 2.17. The first-order valence-corrected chi connectivity index (χ1v) is 8.38. The van der Waals surface area contributed by atoms with E-state index < -0.39 is 0 Å². The zero-order chi connectivity index (χ0) is 16.8. The second kappa shape index (κ2) is 15.3. The van der Waals surface area contributed by atoms with Gasteiger partial charge in [-0.3, -0.25) is 9.79 Å². The number of unbranched alkanes of at least 4 members (excludes halogenated alkanes) is 3. The summed E-state index contributed by atoms with van der Waals surface area (Å²) in [7, 11) is 1.77. The lowest BCUT2D eigenvalue weighted by atomic mass is 10.1. The number of aliphatic imine (C=N–C) groups is 1. The van der Waals surface area contributed by atoms with E-state index in [0.717, 1.165) is 56.9 Å². The van der Waals surface area contributed by atoms with E-state index in [1.54, 1.807) is 13.3 Å². The molecule has 0 spiro atoms. The third kappa shape index (κ3) is 11.3. The van der Waals surface area contributed by atoms with Crippen LogP contribution < -0.4 is 10.6 Å². The Bertz CT molecular complexity index is 450. The van der Waals surface area contributed by atoms with Crippen LogP contribution in [-0.4, -0.2) is 38.7 Å². The lowest BCUT2D eigenvalue weighted by molar-refractivity contribution is -0.143. The lowest BCUT2D eigenvalue weighted by Gasteiger charge is -2.11. The molecule has 2 N–H and O–H groups in total. The number of halogens is 1. The molecule has 0 amide bonds. The highest BCUT2D eigenvalue weighted by molar-refractivity contribution is 14.0. The maximum atomic E-state index is 11.2. The third-order valence-electron chi connectivity index (χ3n) is 3.37. The highest BCUT2D eigenvalue weighted by Crippen LogP contribution is 2.03. The Labute approximate surface area is 161 Å². The van der Waals surface area contributed by atoms with E-state index in [1.165, 1.54) is 0 Å². The van der Waals surface area contributed by atoms with Gasteiger partial charge in [-0.2, -0.15) is 0 Å². The minimum absolute atomic E-state index is 0. The average molecular weight is 451 g/mol. The maximum Gasteiger partial charge on any atom is 0.305 e. The molecule has 0 saturated heterocycles. The van der Waals surface area contributed by atoms with Gasteiger partial charge in [0.2, 0.25) is 0 Å². The van der Waals surface area contributed by atoms with E-state index >= 15 is 0 Å². The Kier molecular flexibility index (Phi) is 14.5. The van der Waals surface area contributed by atoms with Crippen LogP contribution >= 0.6 is 24.0 Å². The Hall–Kier alpha value is -1.25. The van der Waals surface area contributed by atoms with E-state index in [2.05, 4.69) is 15.6 Å². The number of guanidine groups is 1. The van der Waals surface area contributed by atoms with Crippen molar-refractivity contribution in [3.63, 3.8) is 0 Å². The van der Waals surface area contributed by atoms with Gasteiger partial charge in [0.1, 0.15) is 5.76 Å². The predicted molar refractivity (Wildman–Crippen MR) is 107 cm³/mol. The van der Waals surface area contributed by atoms with Crippen LogP contribution in [0.3, 0.4) is 0 Å². The molecule has 0 radical (unpaired) electrons. The first kappa shape index (κ1) is 22.8. The molecule has 24 heavy (non-hydrogen) atoms. The summed E-state index contributed by atoms with van der Waals surface area (Å²) in [6.07, 6.45) is 7.14. The second-order valence-electron chi connectivity index (χ2n) is 5.22. The smallest absolute Gasteiger partial charge is 0.305 e. The van der Waals surface area contributed by atoms with Gasteiger partial charge in [0, 0.05) is 33.0 Å². The van der Waals surface area contributed by atoms with Gasteiger partial charge < -0.3 is 19.8 Å². The molecule has 0 bridgehead atoms. The first-order chi connectivity index (χ1) is 11.3. The van der Waals surface area contributed by atoms with Crippen LogP contribution in [0.4, 0.5) is 0 Å². The number of nitrogens with one attached hydrogen (secondary N) is 2. The van der Waals surface area contributed by atoms with Gasteiger partial charge in [-0.15, -0.1) is 24.0 Å². The molecule has 0 unspecified atom stereocenters. The molecule has 0 aliphatic heterocycles. The van der Waals surface area contributed by atoms with Crippen LogP contribution in [0.2, 0.25) is 0 Å². The fraction of sp³-hybridized carbons (Fsp3) is 0.647. The third-order valence-corrected chi connectivity index (χ3v) is 3.37. The minimum atomic E-state index is -0.0909. The van der Waals surface area contributed by atoms with Crippen molar-refractivity contribution in [3.8, 4) is 0 Å². The van der Waals surface area contributed by atoms with E-state index in [0.29, 0.717) is 13.0 Å². The number of esters is 1. The minimum Gasteiger partial charge on any atom is -0.469 e. The van der Waals surface area contributed by atoms with E-state index in [9.17, 15) is 4.79 Å². The van der Waals surface area contributed by atoms with Gasteiger partial charge in [-0.1, -0.05) is 12.8 Å². The molecule has 1 aromatic heterocycles. The number of ether oxygens (including phenoxy) is 1. The quantitative estimate of drug-likeness (QED) is 0.178. The second-order valence-corrected chi connectivity index (χ2v) is 5.22.